The van der Waals surface area contributed by atoms with Crippen LogP contribution in [0.2, 0.25) is 0 Å². The molecule has 26 heavy (non-hydrogen) atoms. The average molecular weight is 357 g/mol. The zero-order valence-electron chi connectivity index (χ0n) is 15.4. The predicted octanol–water partition coefficient (Wildman–Crippen LogP) is 0.918. The van der Waals surface area contributed by atoms with Crippen molar-refractivity contribution in [3.8, 4) is 0 Å². The average Bonchev–Trinajstić information content (AvgIpc) is 2.94. The Labute approximate surface area is 154 Å². The summed E-state index contributed by atoms with van der Waals surface area (Å²) >= 11 is 0. The molecule has 0 N–H and O–H groups in total. The smallest absolute Gasteiger partial charge is 0.117 e. The van der Waals surface area contributed by atoms with Gasteiger partial charge in [-0.15, -0.1) is 0 Å². The van der Waals surface area contributed by atoms with Gasteiger partial charge in [0.25, 0.3) is 0 Å². The first-order valence-corrected chi connectivity index (χ1v) is 9.24. The fourth-order valence-corrected chi connectivity index (χ4v) is 3.92. The van der Waals surface area contributed by atoms with Gasteiger partial charge in [0, 0.05) is 70.5 Å². The molecule has 1 spiro atoms. The Morgan fingerprint density at radius 1 is 1.04 bits per heavy atom. The van der Waals surface area contributed by atoms with Gasteiger partial charge in [0.1, 0.15) is 5.60 Å². The quantitative estimate of drug-likeness (QED) is 0.811. The maximum Gasteiger partial charge on any atom is 0.117 e. The summed E-state index contributed by atoms with van der Waals surface area (Å²) in [6.07, 6.45) is 7.74. The number of morpholine rings is 1. The molecule has 0 bridgehead atoms. The van der Waals surface area contributed by atoms with Crippen LogP contribution in [0.3, 0.4) is 0 Å². The minimum atomic E-state index is -0.260. The first-order chi connectivity index (χ1) is 12.7. The number of hydrogen-bond donors (Lipinski definition) is 0. The van der Waals surface area contributed by atoms with E-state index in [-0.39, 0.29) is 5.60 Å². The van der Waals surface area contributed by atoms with Gasteiger partial charge in [0.2, 0.25) is 0 Å². The molecule has 2 aromatic rings. The molecule has 0 aromatic carbocycles. The van der Waals surface area contributed by atoms with Gasteiger partial charge in [-0.1, -0.05) is 0 Å². The summed E-state index contributed by atoms with van der Waals surface area (Å²) in [5.74, 6) is 0. The van der Waals surface area contributed by atoms with E-state index in [0.29, 0.717) is 6.61 Å². The van der Waals surface area contributed by atoms with Crippen LogP contribution < -0.4 is 0 Å². The third-order valence-corrected chi connectivity index (χ3v) is 5.08. The molecule has 0 unspecified atom stereocenters. The molecule has 4 heterocycles. The monoisotopic (exact) mass is 357 g/mol. The minimum absolute atomic E-state index is 0.260. The van der Waals surface area contributed by atoms with Crippen LogP contribution in [-0.2, 0) is 29.6 Å². The number of hydrogen-bond acceptors (Lipinski definition) is 6. The SMILES string of the molecule is Cn1cc(CN2CCO[C@@]3(COCCN(Cc4ccncc4)C3)C2)cn1. The summed E-state index contributed by atoms with van der Waals surface area (Å²) < 4.78 is 14.1. The second-order valence-electron chi connectivity index (χ2n) is 7.38. The number of aromatic nitrogens is 3. The first-order valence-electron chi connectivity index (χ1n) is 9.24. The van der Waals surface area contributed by atoms with Crippen molar-refractivity contribution >= 4 is 0 Å². The maximum atomic E-state index is 6.29. The molecule has 1 atom stereocenters. The van der Waals surface area contributed by atoms with Crippen LogP contribution in [0.5, 0.6) is 0 Å². The zero-order valence-corrected chi connectivity index (χ0v) is 15.4. The number of rotatable bonds is 4. The highest BCUT2D eigenvalue weighted by molar-refractivity contribution is 5.10. The van der Waals surface area contributed by atoms with Gasteiger partial charge < -0.3 is 9.47 Å². The lowest BCUT2D eigenvalue weighted by atomic mass is 10.0. The molecule has 2 aliphatic rings. The van der Waals surface area contributed by atoms with Gasteiger partial charge in [-0.05, 0) is 17.7 Å². The first kappa shape index (κ1) is 17.6. The molecule has 0 aliphatic carbocycles. The number of ether oxygens (including phenoxy) is 2. The van der Waals surface area contributed by atoms with Crippen LogP contribution in [0.1, 0.15) is 11.1 Å². The van der Waals surface area contributed by atoms with Crippen molar-refractivity contribution in [3.63, 3.8) is 0 Å². The molecule has 4 rings (SSSR count). The lowest BCUT2D eigenvalue weighted by Crippen LogP contribution is -2.58. The Hall–Kier alpha value is -1.80. The lowest BCUT2D eigenvalue weighted by molar-refractivity contribution is -0.143. The summed E-state index contributed by atoms with van der Waals surface area (Å²) in [5.41, 5.74) is 2.26. The van der Waals surface area contributed by atoms with E-state index in [1.807, 2.05) is 30.3 Å². The standard InChI is InChI=1S/C19H27N5O2/c1-22-11-18(10-21-22)13-24-7-9-26-19(15-24)14-23(6-8-25-16-19)12-17-2-4-20-5-3-17/h2-5,10-11H,6-9,12-16H2,1H3/t19-/m1/s1. The predicted molar refractivity (Wildman–Crippen MR) is 97.5 cm³/mol. The van der Waals surface area contributed by atoms with E-state index < -0.39 is 0 Å². The summed E-state index contributed by atoms with van der Waals surface area (Å²) in [4.78, 5) is 9.01. The Morgan fingerprint density at radius 3 is 2.50 bits per heavy atom. The van der Waals surface area contributed by atoms with Crippen LogP contribution in [0.25, 0.3) is 0 Å². The molecule has 2 aromatic heterocycles. The molecule has 2 saturated heterocycles. The van der Waals surface area contributed by atoms with Crippen LogP contribution in [-0.4, -0.2) is 76.2 Å². The molecule has 2 fully saturated rings. The summed E-state index contributed by atoms with van der Waals surface area (Å²) in [6.45, 7) is 7.60. The molecule has 2 aliphatic heterocycles. The molecule has 0 radical (unpaired) electrons. The van der Waals surface area contributed by atoms with Crippen molar-refractivity contribution in [2.75, 3.05) is 46.0 Å². The number of aryl methyl sites for hydroxylation is 1. The Kier molecular flexibility index (Phi) is 5.31. The number of nitrogens with zero attached hydrogens (tertiary/aromatic N) is 5. The van der Waals surface area contributed by atoms with E-state index in [4.69, 9.17) is 9.47 Å². The molecular formula is C19H27N5O2. The minimum Gasteiger partial charge on any atom is -0.377 e. The third-order valence-electron chi connectivity index (χ3n) is 5.08. The zero-order chi connectivity index (χ0) is 17.8. The normalized spacial score (nSPS) is 25.4. The van der Waals surface area contributed by atoms with Crippen molar-refractivity contribution in [1.82, 2.24) is 24.6 Å². The van der Waals surface area contributed by atoms with Crippen molar-refractivity contribution < 1.29 is 9.47 Å². The highest BCUT2D eigenvalue weighted by Crippen LogP contribution is 2.24. The van der Waals surface area contributed by atoms with Gasteiger partial charge in [-0.25, -0.2) is 0 Å². The van der Waals surface area contributed by atoms with Crippen molar-refractivity contribution in [2.45, 2.75) is 18.7 Å². The summed E-state index contributed by atoms with van der Waals surface area (Å²) in [5, 5.41) is 4.28. The van der Waals surface area contributed by atoms with E-state index in [2.05, 4.69) is 38.2 Å². The second-order valence-corrected chi connectivity index (χ2v) is 7.38. The van der Waals surface area contributed by atoms with E-state index >= 15 is 0 Å². The van der Waals surface area contributed by atoms with E-state index in [9.17, 15) is 0 Å². The topological polar surface area (TPSA) is 55.6 Å². The van der Waals surface area contributed by atoms with Gasteiger partial charge in [0.15, 0.2) is 0 Å². The summed E-state index contributed by atoms with van der Waals surface area (Å²) in [6, 6.07) is 4.16. The molecule has 0 amide bonds. The Balaban J connectivity index is 1.43. The fourth-order valence-electron chi connectivity index (χ4n) is 3.92. The van der Waals surface area contributed by atoms with Crippen molar-refractivity contribution in [1.29, 1.82) is 0 Å². The fraction of sp³-hybridized carbons (Fsp3) is 0.579. The molecule has 7 heteroatoms. The van der Waals surface area contributed by atoms with Crippen molar-refractivity contribution in [2.24, 2.45) is 7.05 Å². The van der Waals surface area contributed by atoms with Gasteiger partial charge in [-0.2, -0.15) is 5.10 Å². The van der Waals surface area contributed by atoms with Crippen LogP contribution in [0.4, 0.5) is 0 Å². The highest BCUT2D eigenvalue weighted by Gasteiger charge is 2.40. The maximum absolute atomic E-state index is 6.29. The Morgan fingerprint density at radius 2 is 1.77 bits per heavy atom. The number of pyridine rings is 1. The van der Waals surface area contributed by atoms with Gasteiger partial charge in [-0.3, -0.25) is 19.5 Å². The van der Waals surface area contributed by atoms with Gasteiger partial charge in [0.05, 0.1) is 26.0 Å². The van der Waals surface area contributed by atoms with Gasteiger partial charge >= 0.3 is 0 Å². The highest BCUT2D eigenvalue weighted by atomic mass is 16.5. The Bertz CT molecular complexity index is 707. The molecular weight excluding hydrogens is 330 g/mol. The van der Waals surface area contributed by atoms with E-state index in [0.717, 1.165) is 52.5 Å². The second kappa shape index (κ2) is 7.84. The van der Waals surface area contributed by atoms with Crippen LogP contribution in [0.15, 0.2) is 36.9 Å². The molecule has 7 nitrogen and oxygen atoms in total. The largest absolute Gasteiger partial charge is 0.377 e. The van der Waals surface area contributed by atoms with E-state index in [1.54, 1.807) is 0 Å². The lowest BCUT2D eigenvalue weighted by Gasteiger charge is -2.43. The van der Waals surface area contributed by atoms with Crippen LogP contribution in [0, 0.1) is 0 Å². The molecule has 140 valence electrons. The molecule has 0 saturated carbocycles. The van der Waals surface area contributed by atoms with Crippen LogP contribution >= 0.6 is 0 Å². The van der Waals surface area contributed by atoms with E-state index in [1.165, 1.54) is 11.1 Å². The van der Waals surface area contributed by atoms with Crippen molar-refractivity contribution in [3.05, 3.63) is 48.0 Å². The summed E-state index contributed by atoms with van der Waals surface area (Å²) in [7, 11) is 1.96. The third kappa shape index (κ3) is 4.29.